The summed E-state index contributed by atoms with van der Waals surface area (Å²) in [5.41, 5.74) is 0.861. The van der Waals surface area contributed by atoms with E-state index in [1.54, 1.807) is 4.90 Å². The highest BCUT2D eigenvalue weighted by molar-refractivity contribution is 5.92. The van der Waals surface area contributed by atoms with Gasteiger partial charge in [0.25, 0.3) is 0 Å². The van der Waals surface area contributed by atoms with Crippen LogP contribution in [0.2, 0.25) is 0 Å². The molecule has 1 amide bonds. The number of carboxylic acids is 2. The van der Waals surface area contributed by atoms with Crippen LogP contribution in [-0.2, 0) is 30.5 Å². The summed E-state index contributed by atoms with van der Waals surface area (Å²) in [6.45, 7) is 2.66. The van der Waals surface area contributed by atoms with Gasteiger partial charge in [-0.05, 0) is 55.5 Å². The molecule has 0 heterocycles. The largest absolute Gasteiger partial charge is 0.481 e. The van der Waals surface area contributed by atoms with Crippen LogP contribution >= 0.6 is 0 Å². The van der Waals surface area contributed by atoms with Gasteiger partial charge in [0.05, 0.1) is 17.8 Å². The normalized spacial score (nSPS) is 21.4. The number of carbonyl (C=O) groups excluding carboxylic acids is 2. The van der Waals surface area contributed by atoms with Crippen LogP contribution in [0.25, 0.3) is 0 Å². The zero-order chi connectivity index (χ0) is 27.9. The average Bonchev–Trinajstić information content (AvgIpc) is 3.42. The Hall–Kier alpha value is -3.88. The Bertz CT molecular complexity index is 1160. The molecule has 0 bridgehead atoms. The van der Waals surface area contributed by atoms with Gasteiger partial charge >= 0.3 is 17.9 Å². The molecule has 9 nitrogen and oxygen atoms in total. The Morgan fingerprint density at radius 3 is 2.15 bits per heavy atom. The predicted octanol–water partition coefficient (Wildman–Crippen LogP) is 4.74. The Labute approximate surface area is 227 Å². The zero-order valence-corrected chi connectivity index (χ0v) is 22.0. The molecule has 0 aliphatic heterocycles. The molecule has 2 fully saturated rings. The second-order valence-electron chi connectivity index (χ2n) is 10.4. The number of carbonyl (C=O) groups is 4. The van der Waals surface area contributed by atoms with Crippen LogP contribution in [0.4, 0.5) is 0 Å². The summed E-state index contributed by atoms with van der Waals surface area (Å²) in [4.78, 5) is 51.7. The molecule has 0 aromatic heterocycles. The Kier molecular flexibility index (Phi) is 9.22. The maximum Gasteiger partial charge on any atom is 0.345 e. The van der Waals surface area contributed by atoms with E-state index < -0.39 is 41.8 Å². The number of ether oxygens (including phenoxy) is 2. The van der Waals surface area contributed by atoms with Crippen molar-refractivity contribution in [1.29, 1.82) is 0 Å². The van der Waals surface area contributed by atoms with Gasteiger partial charge in [0, 0.05) is 19.0 Å². The first kappa shape index (κ1) is 28.1. The third-order valence-electron chi connectivity index (χ3n) is 7.68. The van der Waals surface area contributed by atoms with Crippen LogP contribution in [0.15, 0.2) is 54.6 Å². The highest BCUT2D eigenvalue weighted by atomic mass is 16.6. The van der Waals surface area contributed by atoms with Crippen LogP contribution < -0.4 is 4.74 Å². The molecule has 2 saturated carbocycles. The summed E-state index contributed by atoms with van der Waals surface area (Å²) in [7, 11) is 0. The van der Waals surface area contributed by atoms with Gasteiger partial charge < -0.3 is 24.6 Å². The van der Waals surface area contributed by atoms with Gasteiger partial charge in [-0.25, -0.2) is 4.79 Å². The fraction of sp³-hybridized carbons (Fsp3) is 0.467. The quantitative estimate of drug-likeness (QED) is 0.371. The van der Waals surface area contributed by atoms with E-state index in [4.69, 9.17) is 9.47 Å². The standard InChI is InChI=1S/C30H35NO8/c1-2-16-31(18-19-12-14-22(15-13-19)38-21-10-4-3-5-11-21)27(32)23-17-24(25(23)28(33)34)30(37)39-26(29(35)36)20-8-6-7-9-20/h3-5,10-15,20,23-26H,2,6-9,16-18H2,1H3,(H,33,34)(H,35,36). The second kappa shape index (κ2) is 12.8. The van der Waals surface area contributed by atoms with Gasteiger partial charge in [-0.3, -0.25) is 14.4 Å². The molecule has 4 rings (SSSR count). The van der Waals surface area contributed by atoms with E-state index in [0.29, 0.717) is 43.9 Å². The number of amides is 1. The monoisotopic (exact) mass is 537 g/mol. The number of esters is 1. The topological polar surface area (TPSA) is 130 Å². The molecule has 4 unspecified atom stereocenters. The van der Waals surface area contributed by atoms with Crippen molar-refractivity contribution in [1.82, 2.24) is 4.90 Å². The molecule has 0 radical (unpaired) electrons. The average molecular weight is 538 g/mol. The minimum Gasteiger partial charge on any atom is -0.481 e. The molecule has 39 heavy (non-hydrogen) atoms. The third kappa shape index (κ3) is 6.77. The molecule has 4 atom stereocenters. The maximum absolute atomic E-state index is 13.4. The van der Waals surface area contributed by atoms with Crippen molar-refractivity contribution in [3.63, 3.8) is 0 Å². The Morgan fingerprint density at radius 1 is 0.923 bits per heavy atom. The lowest BCUT2D eigenvalue weighted by Crippen LogP contribution is -2.54. The molecule has 208 valence electrons. The predicted molar refractivity (Wildman–Crippen MR) is 141 cm³/mol. The van der Waals surface area contributed by atoms with E-state index in [1.165, 1.54) is 0 Å². The van der Waals surface area contributed by atoms with Crippen LogP contribution in [0, 0.1) is 23.7 Å². The van der Waals surface area contributed by atoms with Gasteiger partial charge in [0.2, 0.25) is 12.0 Å². The smallest absolute Gasteiger partial charge is 0.345 e. The van der Waals surface area contributed by atoms with E-state index in [1.807, 2.05) is 61.5 Å². The Morgan fingerprint density at radius 2 is 1.56 bits per heavy atom. The number of aliphatic carboxylic acids is 2. The first-order valence-electron chi connectivity index (χ1n) is 13.5. The number of hydrogen-bond acceptors (Lipinski definition) is 6. The van der Waals surface area contributed by atoms with Crippen molar-refractivity contribution in [2.45, 2.75) is 58.1 Å². The number of carboxylic acid groups (broad SMARTS) is 2. The van der Waals surface area contributed by atoms with Crippen molar-refractivity contribution in [2.75, 3.05) is 6.54 Å². The zero-order valence-electron chi connectivity index (χ0n) is 22.0. The molecule has 2 aliphatic carbocycles. The maximum atomic E-state index is 13.4. The van der Waals surface area contributed by atoms with E-state index in [0.717, 1.165) is 18.4 Å². The highest BCUT2D eigenvalue weighted by Gasteiger charge is 2.55. The SMILES string of the molecule is CCCN(Cc1ccc(Oc2ccccc2)cc1)C(=O)C1CC(C(=O)OC(C(=O)O)C2CCCC2)C1C(=O)O. The number of hydrogen-bond donors (Lipinski definition) is 2. The lowest BCUT2D eigenvalue weighted by Gasteiger charge is -2.42. The number of rotatable bonds is 12. The van der Waals surface area contributed by atoms with E-state index in [9.17, 15) is 29.4 Å². The third-order valence-corrected chi connectivity index (χ3v) is 7.68. The highest BCUT2D eigenvalue weighted by Crippen LogP contribution is 2.43. The minimum absolute atomic E-state index is 0.0235. The van der Waals surface area contributed by atoms with E-state index in [2.05, 4.69) is 0 Å². The summed E-state index contributed by atoms with van der Waals surface area (Å²) in [5.74, 6) is -5.71. The summed E-state index contributed by atoms with van der Waals surface area (Å²) in [5, 5.41) is 19.4. The first-order chi connectivity index (χ1) is 18.8. The van der Waals surface area contributed by atoms with Gasteiger partial charge in [0.15, 0.2) is 0 Å². The fourth-order valence-electron chi connectivity index (χ4n) is 5.59. The van der Waals surface area contributed by atoms with Gasteiger partial charge in [-0.1, -0.05) is 50.1 Å². The molecule has 0 spiro atoms. The van der Waals surface area contributed by atoms with E-state index in [-0.39, 0.29) is 18.2 Å². The molecular formula is C30H35NO8. The molecule has 2 aromatic carbocycles. The lowest BCUT2D eigenvalue weighted by molar-refractivity contribution is -0.184. The molecule has 9 heteroatoms. The van der Waals surface area contributed by atoms with Crippen LogP contribution in [-0.4, -0.2) is 51.6 Å². The second-order valence-corrected chi connectivity index (χ2v) is 10.4. The molecule has 2 aromatic rings. The van der Waals surface area contributed by atoms with Crippen LogP contribution in [0.5, 0.6) is 11.5 Å². The van der Waals surface area contributed by atoms with Crippen molar-refractivity contribution in [2.24, 2.45) is 23.7 Å². The number of para-hydroxylation sites is 1. The number of nitrogens with zero attached hydrogens (tertiary/aromatic N) is 1. The fourth-order valence-corrected chi connectivity index (χ4v) is 5.59. The van der Waals surface area contributed by atoms with Crippen molar-refractivity contribution < 1.29 is 38.9 Å². The first-order valence-corrected chi connectivity index (χ1v) is 13.5. The number of benzene rings is 2. The van der Waals surface area contributed by atoms with Crippen molar-refractivity contribution >= 4 is 23.8 Å². The van der Waals surface area contributed by atoms with Crippen molar-refractivity contribution in [3.8, 4) is 11.5 Å². The van der Waals surface area contributed by atoms with Gasteiger partial charge in [-0.15, -0.1) is 0 Å². The summed E-state index contributed by atoms with van der Waals surface area (Å²) >= 11 is 0. The van der Waals surface area contributed by atoms with Crippen molar-refractivity contribution in [3.05, 3.63) is 60.2 Å². The summed E-state index contributed by atoms with van der Waals surface area (Å²) in [6, 6.07) is 16.7. The Balaban J connectivity index is 1.39. The summed E-state index contributed by atoms with van der Waals surface area (Å²) < 4.78 is 11.1. The molecular weight excluding hydrogens is 502 g/mol. The lowest BCUT2D eigenvalue weighted by atomic mass is 9.64. The van der Waals surface area contributed by atoms with Crippen LogP contribution in [0.3, 0.4) is 0 Å². The molecule has 2 N–H and O–H groups in total. The van der Waals surface area contributed by atoms with Gasteiger partial charge in [-0.2, -0.15) is 0 Å². The van der Waals surface area contributed by atoms with Crippen LogP contribution in [0.1, 0.15) is 51.0 Å². The van der Waals surface area contributed by atoms with Gasteiger partial charge in [0.1, 0.15) is 11.5 Å². The summed E-state index contributed by atoms with van der Waals surface area (Å²) in [6.07, 6.45) is 2.48. The molecule has 2 aliphatic rings. The minimum atomic E-state index is -1.28. The molecule has 0 saturated heterocycles. The van der Waals surface area contributed by atoms with E-state index >= 15 is 0 Å².